The third kappa shape index (κ3) is 4.92. The maximum absolute atomic E-state index is 7.16. The van der Waals surface area contributed by atoms with Crippen LogP contribution in [-0.4, -0.2) is 42.7 Å². The molecule has 0 aliphatic carbocycles. The Hall–Kier alpha value is -0.160. The van der Waals surface area contributed by atoms with E-state index in [0.29, 0.717) is 36.9 Å². The van der Waals surface area contributed by atoms with Gasteiger partial charge in [-0.2, -0.15) is 0 Å². The van der Waals surface area contributed by atoms with Gasteiger partial charge in [0, 0.05) is 37.8 Å². The maximum Gasteiger partial charge on any atom is 0.0366 e. The first-order chi connectivity index (χ1) is 10.3. The minimum absolute atomic E-state index is 0.205. The zero-order valence-electron chi connectivity index (χ0n) is 15.9. The quantitative estimate of drug-likeness (QED) is 0.517. The van der Waals surface area contributed by atoms with Crippen LogP contribution in [0.4, 0.5) is 0 Å². The molecule has 134 valence electrons. The molecule has 0 heterocycles. The molecule has 4 unspecified atom stereocenters. The Labute approximate surface area is 139 Å². The molecule has 0 fully saturated rings. The van der Waals surface area contributed by atoms with Crippen molar-refractivity contribution in [1.29, 1.82) is 0 Å². The van der Waals surface area contributed by atoms with Crippen LogP contribution >= 0.6 is 0 Å². The minimum atomic E-state index is -0.205. The van der Waals surface area contributed by atoms with Gasteiger partial charge in [0.15, 0.2) is 0 Å². The van der Waals surface area contributed by atoms with E-state index in [1.165, 1.54) is 0 Å². The molecule has 0 aliphatic heterocycles. The highest BCUT2D eigenvalue weighted by atomic mass is 15.2. The van der Waals surface area contributed by atoms with Gasteiger partial charge in [0.05, 0.1) is 0 Å². The summed E-state index contributed by atoms with van der Waals surface area (Å²) in [6.45, 7) is 16.8. The smallest absolute Gasteiger partial charge is 0.0366 e. The van der Waals surface area contributed by atoms with E-state index in [-0.39, 0.29) is 5.54 Å². The van der Waals surface area contributed by atoms with Gasteiger partial charge in [0.25, 0.3) is 0 Å². The summed E-state index contributed by atoms with van der Waals surface area (Å²) in [6.07, 6.45) is 3.34. The van der Waals surface area contributed by atoms with Crippen LogP contribution in [0.2, 0.25) is 0 Å². The molecule has 22 heavy (non-hydrogen) atoms. The van der Waals surface area contributed by atoms with Crippen LogP contribution in [-0.2, 0) is 0 Å². The van der Waals surface area contributed by atoms with E-state index >= 15 is 0 Å². The summed E-state index contributed by atoms with van der Waals surface area (Å²) in [5.74, 6) is 1.48. The summed E-state index contributed by atoms with van der Waals surface area (Å²) in [5, 5.41) is 0. The lowest BCUT2D eigenvalue weighted by molar-refractivity contribution is 0.0142. The molecule has 0 radical (unpaired) electrons. The number of nitrogens with two attached hydrogens (primary N) is 3. The molecule has 0 saturated heterocycles. The van der Waals surface area contributed by atoms with Gasteiger partial charge in [-0.05, 0) is 17.8 Å². The third-order valence-corrected chi connectivity index (χ3v) is 5.85. The van der Waals surface area contributed by atoms with Crippen LogP contribution < -0.4 is 17.2 Å². The highest BCUT2D eigenvalue weighted by Crippen LogP contribution is 2.38. The van der Waals surface area contributed by atoms with Crippen LogP contribution in [0.25, 0.3) is 0 Å². The zero-order valence-corrected chi connectivity index (χ0v) is 15.9. The Bertz CT molecular complexity index is 266. The fourth-order valence-electron chi connectivity index (χ4n) is 3.89. The molecule has 0 aromatic rings. The first-order valence-electron chi connectivity index (χ1n) is 9.27. The van der Waals surface area contributed by atoms with Crippen molar-refractivity contribution in [3.8, 4) is 0 Å². The van der Waals surface area contributed by atoms with Crippen molar-refractivity contribution in [3.63, 3.8) is 0 Å². The van der Waals surface area contributed by atoms with E-state index in [1.54, 1.807) is 0 Å². The fraction of sp³-hybridized carbons (Fsp3) is 1.00. The van der Waals surface area contributed by atoms with Gasteiger partial charge in [-0.25, -0.2) is 0 Å². The van der Waals surface area contributed by atoms with Crippen molar-refractivity contribution in [2.45, 2.75) is 72.4 Å². The van der Waals surface area contributed by atoms with Crippen LogP contribution in [0.5, 0.6) is 0 Å². The van der Waals surface area contributed by atoms with Crippen molar-refractivity contribution < 1.29 is 0 Å². The van der Waals surface area contributed by atoms with Gasteiger partial charge in [-0.15, -0.1) is 0 Å². The Morgan fingerprint density at radius 1 is 0.818 bits per heavy atom. The fourth-order valence-corrected chi connectivity index (χ4v) is 3.89. The van der Waals surface area contributed by atoms with E-state index in [9.17, 15) is 0 Å². The molecule has 6 N–H and O–H groups in total. The van der Waals surface area contributed by atoms with E-state index in [2.05, 4.69) is 46.4 Å². The number of hydrogen-bond donors (Lipinski definition) is 3. The average Bonchev–Trinajstić information content (AvgIpc) is 2.53. The van der Waals surface area contributed by atoms with Crippen molar-refractivity contribution in [1.82, 2.24) is 4.90 Å². The molecule has 0 aromatic carbocycles. The van der Waals surface area contributed by atoms with Gasteiger partial charge in [0.2, 0.25) is 0 Å². The Morgan fingerprint density at radius 2 is 1.23 bits per heavy atom. The second kappa shape index (κ2) is 10.6. The van der Waals surface area contributed by atoms with Gasteiger partial charge in [-0.1, -0.05) is 60.8 Å². The third-order valence-electron chi connectivity index (χ3n) is 5.85. The van der Waals surface area contributed by atoms with E-state index in [4.69, 9.17) is 17.2 Å². The second-order valence-electron chi connectivity index (χ2n) is 7.06. The molecular weight excluding hydrogens is 272 g/mol. The minimum Gasteiger partial charge on any atom is -0.329 e. The average molecular weight is 315 g/mol. The molecule has 0 bridgehead atoms. The molecule has 0 aliphatic rings. The molecule has 4 nitrogen and oxygen atoms in total. The molecular formula is C18H42N4. The second-order valence-corrected chi connectivity index (χ2v) is 7.06. The van der Waals surface area contributed by atoms with Crippen molar-refractivity contribution in [3.05, 3.63) is 0 Å². The summed E-state index contributed by atoms with van der Waals surface area (Å²) in [4.78, 5) is 2.46. The molecule has 0 spiro atoms. The van der Waals surface area contributed by atoms with Crippen molar-refractivity contribution >= 4 is 0 Å². The largest absolute Gasteiger partial charge is 0.329 e. The first kappa shape index (κ1) is 21.8. The molecule has 0 saturated carbocycles. The SMILES string of the molecule is CCC(C)C(N(CCN)CCN)C(N)(C(C)CC)C(C)CC. The van der Waals surface area contributed by atoms with Gasteiger partial charge in [0.1, 0.15) is 0 Å². The Balaban J connectivity index is 5.83. The number of nitrogens with zero attached hydrogens (tertiary/aromatic N) is 1. The lowest BCUT2D eigenvalue weighted by Gasteiger charge is -2.53. The first-order valence-corrected chi connectivity index (χ1v) is 9.27. The summed E-state index contributed by atoms with van der Waals surface area (Å²) in [6, 6.07) is 0.328. The van der Waals surface area contributed by atoms with Crippen LogP contribution in [0.1, 0.15) is 60.8 Å². The Morgan fingerprint density at radius 3 is 1.50 bits per heavy atom. The van der Waals surface area contributed by atoms with Crippen molar-refractivity contribution in [2.24, 2.45) is 35.0 Å². The molecule has 4 atom stereocenters. The summed E-state index contributed by atoms with van der Waals surface area (Å²) >= 11 is 0. The molecule has 0 aromatic heterocycles. The van der Waals surface area contributed by atoms with Gasteiger partial charge < -0.3 is 17.2 Å². The zero-order chi connectivity index (χ0) is 17.3. The highest BCUT2D eigenvalue weighted by molar-refractivity contribution is 5.05. The van der Waals surface area contributed by atoms with E-state index in [1.807, 2.05) is 0 Å². The lowest BCUT2D eigenvalue weighted by Crippen LogP contribution is -2.68. The van der Waals surface area contributed by atoms with Gasteiger partial charge >= 0.3 is 0 Å². The summed E-state index contributed by atoms with van der Waals surface area (Å²) in [5.41, 5.74) is 18.7. The summed E-state index contributed by atoms with van der Waals surface area (Å²) < 4.78 is 0. The topological polar surface area (TPSA) is 81.3 Å². The lowest BCUT2D eigenvalue weighted by atomic mass is 9.65. The molecule has 0 rings (SSSR count). The molecule has 0 amide bonds. The van der Waals surface area contributed by atoms with Crippen LogP contribution in [0, 0.1) is 17.8 Å². The number of rotatable bonds is 12. The predicted octanol–water partition coefficient (Wildman–Crippen LogP) is 2.41. The van der Waals surface area contributed by atoms with Crippen LogP contribution in [0.15, 0.2) is 0 Å². The molecule has 4 heteroatoms. The van der Waals surface area contributed by atoms with E-state index < -0.39 is 0 Å². The van der Waals surface area contributed by atoms with Crippen LogP contribution in [0.3, 0.4) is 0 Å². The van der Waals surface area contributed by atoms with E-state index in [0.717, 1.165) is 32.4 Å². The standard InChI is InChI=1S/C18H42N4/c1-7-14(4)17(22(12-10-19)13-11-20)18(21,15(5)8-2)16(6)9-3/h14-17H,7-13,19-21H2,1-6H3. The normalized spacial score (nSPS) is 20.5. The summed E-state index contributed by atoms with van der Waals surface area (Å²) in [7, 11) is 0. The Kier molecular flexibility index (Phi) is 10.5. The number of hydrogen-bond acceptors (Lipinski definition) is 4. The predicted molar refractivity (Wildman–Crippen MR) is 98.8 cm³/mol. The monoisotopic (exact) mass is 314 g/mol. The van der Waals surface area contributed by atoms with Gasteiger partial charge in [-0.3, -0.25) is 4.90 Å². The van der Waals surface area contributed by atoms with Crippen molar-refractivity contribution in [2.75, 3.05) is 26.2 Å². The maximum atomic E-state index is 7.16. The highest BCUT2D eigenvalue weighted by Gasteiger charge is 2.47.